The topological polar surface area (TPSA) is 35.2 Å². The minimum absolute atomic E-state index is 0.155. The van der Waals surface area contributed by atoms with Crippen LogP contribution in [0.4, 0.5) is 0 Å². The van der Waals surface area contributed by atoms with Crippen molar-refractivity contribution in [3.05, 3.63) is 49.0 Å². The van der Waals surface area contributed by atoms with E-state index >= 15 is 0 Å². The summed E-state index contributed by atoms with van der Waals surface area (Å²) in [6.07, 6.45) is -0.241. The zero-order chi connectivity index (χ0) is 14.0. The standard InChI is InChI=1S/C13H12BrCl2NOS/c1-7(17)13(12-3-2-4-19-12)18-11-6-9(15)8(14)5-10(11)16/h2-7,13H,17H2,1H3. The number of rotatable bonds is 4. The van der Waals surface area contributed by atoms with Crippen LogP contribution in [0, 0.1) is 0 Å². The van der Waals surface area contributed by atoms with Crippen LogP contribution in [0.1, 0.15) is 17.9 Å². The van der Waals surface area contributed by atoms with Gasteiger partial charge in [-0.1, -0.05) is 29.3 Å². The van der Waals surface area contributed by atoms with Gasteiger partial charge in [0.2, 0.25) is 0 Å². The Balaban J connectivity index is 2.30. The molecule has 102 valence electrons. The maximum absolute atomic E-state index is 6.16. The fourth-order valence-corrected chi connectivity index (χ4v) is 3.31. The van der Waals surface area contributed by atoms with Crippen molar-refractivity contribution < 1.29 is 4.74 Å². The van der Waals surface area contributed by atoms with Crippen LogP contribution < -0.4 is 10.5 Å². The molecule has 0 bridgehead atoms. The second-order valence-electron chi connectivity index (χ2n) is 4.11. The van der Waals surface area contributed by atoms with E-state index in [1.165, 1.54) is 0 Å². The quantitative estimate of drug-likeness (QED) is 0.731. The Labute approximate surface area is 134 Å². The highest BCUT2D eigenvalue weighted by Crippen LogP contribution is 2.37. The molecule has 0 fully saturated rings. The summed E-state index contributed by atoms with van der Waals surface area (Å²) >= 11 is 17.1. The number of benzene rings is 1. The highest BCUT2D eigenvalue weighted by Gasteiger charge is 2.21. The van der Waals surface area contributed by atoms with Crippen LogP contribution >= 0.6 is 50.5 Å². The molecule has 0 spiro atoms. The molecule has 0 aliphatic carbocycles. The lowest BCUT2D eigenvalue weighted by Gasteiger charge is -2.22. The van der Waals surface area contributed by atoms with E-state index in [1.807, 2.05) is 24.4 Å². The second kappa shape index (κ2) is 6.46. The molecule has 0 saturated carbocycles. The van der Waals surface area contributed by atoms with Crippen molar-refractivity contribution in [1.82, 2.24) is 0 Å². The molecule has 0 amide bonds. The second-order valence-corrected chi connectivity index (χ2v) is 6.76. The first-order chi connectivity index (χ1) is 8.99. The van der Waals surface area contributed by atoms with Crippen molar-refractivity contribution in [3.63, 3.8) is 0 Å². The van der Waals surface area contributed by atoms with Gasteiger partial charge in [0.1, 0.15) is 11.9 Å². The van der Waals surface area contributed by atoms with Gasteiger partial charge in [-0.25, -0.2) is 0 Å². The Morgan fingerprint density at radius 2 is 2.05 bits per heavy atom. The van der Waals surface area contributed by atoms with Gasteiger partial charge in [0, 0.05) is 21.5 Å². The Bertz CT molecular complexity index is 560. The molecule has 1 heterocycles. The Kier molecular flexibility index (Phi) is 5.15. The molecule has 2 N–H and O–H groups in total. The van der Waals surface area contributed by atoms with Crippen LogP contribution in [0.5, 0.6) is 5.75 Å². The van der Waals surface area contributed by atoms with Gasteiger partial charge in [-0.2, -0.15) is 0 Å². The summed E-state index contributed by atoms with van der Waals surface area (Å²) in [5, 5.41) is 3.04. The molecular formula is C13H12BrCl2NOS. The first-order valence-corrected chi connectivity index (χ1v) is 8.02. The van der Waals surface area contributed by atoms with E-state index in [9.17, 15) is 0 Å². The van der Waals surface area contributed by atoms with E-state index < -0.39 is 0 Å². The number of nitrogens with two attached hydrogens (primary N) is 1. The third-order valence-electron chi connectivity index (χ3n) is 2.53. The average Bonchev–Trinajstić information content (AvgIpc) is 2.85. The van der Waals surface area contributed by atoms with Gasteiger partial charge in [0.15, 0.2) is 0 Å². The third kappa shape index (κ3) is 3.64. The largest absolute Gasteiger partial charge is 0.482 e. The van der Waals surface area contributed by atoms with Gasteiger partial charge >= 0.3 is 0 Å². The molecule has 6 heteroatoms. The smallest absolute Gasteiger partial charge is 0.148 e. The predicted molar refractivity (Wildman–Crippen MR) is 85.5 cm³/mol. The molecule has 2 rings (SSSR count). The van der Waals surface area contributed by atoms with Crippen molar-refractivity contribution >= 4 is 50.5 Å². The monoisotopic (exact) mass is 379 g/mol. The van der Waals surface area contributed by atoms with Crippen LogP contribution in [0.25, 0.3) is 0 Å². The lowest BCUT2D eigenvalue weighted by molar-refractivity contribution is 0.184. The molecular weight excluding hydrogens is 369 g/mol. The highest BCUT2D eigenvalue weighted by molar-refractivity contribution is 9.10. The normalized spacial score (nSPS) is 14.2. The van der Waals surface area contributed by atoms with E-state index in [1.54, 1.807) is 23.5 Å². The molecule has 0 radical (unpaired) electrons. The average molecular weight is 381 g/mol. The minimum atomic E-state index is -0.241. The van der Waals surface area contributed by atoms with Crippen LogP contribution in [0.3, 0.4) is 0 Å². The molecule has 1 aromatic carbocycles. The van der Waals surface area contributed by atoms with Gasteiger partial charge in [-0.15, -0.1) is 11.3 Å². The summed E-state index contributed by atoms with van der Waals surface area (Å²) in [5.41, 5.74) is 5.99. The predicted octanol–water partition coefficient (Wildman–Crippen LogP) is 5.28. The molecule has 2 atom stereocenters. The third-order valence-corrected chi connectivity index (χ3v) is 4.96. The molecule has 2 aromatic rings. The SMILES string of the molecule is CC(N)C(Oc1cc(Cl)c(Br)cc1Cl)c1cccs1. The van der Waals surface area contributed by atoms with E-state index in [4.69, 9.17) is 33.7 Å². The van der Waals surface area contributed by atoms with Gasteiger partial charge in [-0.05, 0) is 40.4 Å². The van der Waals surface area contributed by atoms with E-state index in [2.05, 4.69) is 15.9 Å². The van der Waals surface area contributed by atoms with Gasteiger partial charge < -0.3 is 10.5 Å². The van der Waals surface area contributed by atoms with E-state index in [-0.39, 0.29) is 12.1 Å². The minimum Gasteiger partial charge on any atom is -0.482 e. The van der Waals surface area contributed by atoms with Gasteiger partial charge in [-0.3, -0.25) is 0 Å². The summed E-state index contributed by atoms with van der Waals surface area (Å²) in [4.78, 5) is 1.06. The summed E-state index contributed by atoms with van der Waals surface area (Å²) in [5.74, 6) is 0.533. The molecule has 0 saturated heterocycles. The van der Waals surface area contributed by atoms with Crippen molar-refractivity contribution in [2.75, 3.05) is 0 Å². The van der Waals surface area contributed by atoms with Crippen LogP contribution in [0.15, 0.2) is 34.1 Å². The fourth-order valence-electron chi connectivity index (χ4n) is 1.61. The van der Waals surface area contributed by atoms with Crippen LogP contribution in [0.2, 0.25) is 10.0 Å². The van der Waals surface area contributed by atoms with Crippen molar-refractivity contribution in [1.29, 1.82) is 0 Å². The van der Waals surface area contributed by atoms with Crippen molar-refractivity contribution in [2.45, 2.75) is 19.1 Å². The molecule has 0 aliphatic rings. The summed E-state index contributed by atoms with van der Waals surface area (Å²) in [7, 11) is 0. The maximum atomic E-state index is 6.16. The lowest BCUT2D eigenvalue weighted by Crippen LogP contribution is -2.28. The fraction of sp³-hybridized carbons (Fsp3) is 0.231. The first-order valence-electron chi connectivity index (χ1n) is 5.59. The van der Waals surface area contributed by atoms with Gasteiger partial charge in [0.25, 0.3) is 0 Å². The van der Waals surface area contributed by atoms with Crippen molar-refractivity contribution in [3.8, 4) is 5.75 Å². The summed E-state index contributed by atoms with van der Waals surface area (Å²) in [6.45, 7) is 1.90. The zero-order valence-electron chi connectivity index (χ0n) is 10.1. The number of halogens is 3. The Hall–Kier alpha value is -0.260. The van der Waals surface area contributed by atoms with Crippen molar-refractivity contribution in [2.24, 2.45) is 5.73 Å². The van der Waals surface area contributed by atoms with Gasteiger partial charge in [0.05, 0.1) is 10.0 Å². The molecule has 1 aromatic heterocycles. The molecule has 0 aliphatic heterocycles. The molecule has 19 heavy (non-hydrogen) atoms. The van der Waals surface area contributed by atoms with Crippen LogP contribution in [-0.4, -0.2) is 6.04 Å². The summed E-state index contributed by atoms with van der Waals surface area (Å²) < 4.78 is 6.67. The Morgan fingerprint density at radius 3 is 2.63 bits per heavy atom. The summed E-state index contributed by atoms with van der Waals surface area (Å²) in [6, 6.07) is 7.21. The zero-order valence-corrected chi connectivity index (χ0v) is 14.0. The maximum Gasteiger partial charge on any atom is 0.148 e. The highest BCUT2D eigenvalue weighted by atomic mass is 79.9. The van der Waals surface area contributed by atoms with Crippen LogP contribution in [-0.2, 0) is 0 Å². The van der Waals surface area contributed by atoms with E-state index in [0.717, 1.165) is 9.35 Å². The lowest BCUT2D eigenvalue weighted by atomic mass is 10.1. The van der Waals surface area contributed by atoms with E-state index in [0.29, 0.717) is 15.8 Å². The number of hydrogen-bond acceptors (Lipinski definition) is 3. The number of ether oxygens (including phenoxy) is 1. The molecule has 2 unspecified atom stereocenters. The first kappa shape index (κ1) is 15.1. The number of thiophene rings is 1. The number of hydrogen-bond donors (Lipinski definition) is 1. The molecule has 2 nitrogen and oxygen atoms in total. The Morgan fingerprint density at radius 1 is 1.32 bits per heavy atom.